The molecule has 6 rings (SSSR count). The van der Waals surface area contributed by atoms with Crippen molar-refractivity contribution in [3.05, 3.63) is 90.8 Å². The number of rotatable bonds is 5. The topological polar surface area (TPSA) is 88.2 Å². The lowest BCUT2D eigenvalue weighted by Crippen LogP contribution is -2.50. The molecule has 4 aromatic rings. The number of fused-ring (bicyclic) bond motifs is 3. The van der Waals surface area contributed by atoms with Gasteiger partial charge in [0.25, 0.3) is 0 Å². The van der Waals surface area contributed by atoms with Crippen LogP contribution in [0.4, 0.5) is 24.7 Å². The predicted octanol–water partition coefficient (Wildman–Crippen LogP) is 6.26. The Labute approximate surface area is 241 Å². The summed E-state index contributed by atoms with van der Waals surface area (Å²) < 4.78 is 41.3. The summed E-state index contributed by atoms with van der Waals surface area (Å²) in [6, 6.07) is 13.4. The number of pyridine rings is 3. The number of nitrogens with zero attached hydrogens (tertiary/aromatic N) is 5. The van der Waals surface area contributed by atoms with Crippen LogP contribution in [-0.4, -0.2) is 45.0 Å². The summed E-state index contributed by atoms with van der Waals surface area (Å²) in [6.45, 7) is 6.88. The molecule has 3 aromatic heterocycles. The summed E-state index contributed by atoms with van der Waals surface area (Å²) in [5, 5.41) is 1.93. The van der Waals surface area contributed by atoms with Gasteiger partial charge in [-0.25, -0.2) is 4.98 Å². The summed E-state index contributed by atoms with van der Waals surface area (Å²) in [5.74, 6) is 0.306. The van der Waals surface area contributed by atoms with Crippen LogP contribution in [0, 0.1) is 5.41 Å². The monoisotopic (exact) mass is 572 g/mol. The Morgan fingerprint density at radius 2 is 1.76 bits per heavy atom. The Kier molecular flexibility index (Phi) is 6.47. The number of benzene rings is 1. The fourth-order valence-electron chi connectivity index (χ4n) is 6.20. The van der Waals surface area contributed by atoms with Gasteiger partial charge in [-0.1, -0.05) is 30.8 Å². The van der Waals surface area contributed by atoms with E-state index in [0.717, 1.165) is 41.3 Å². The maximum atomic E-state index is 14.4. The van der Waals surface area contributed by atoms with Gasteiger partial charge in [-0.3, -0.25) is 14.8 Å². The molecule has 7 nitrogen and oxygen atoms in total. The third-order valence-electron chi connectivity index (χ3n) is 8.95. The van der Waals surface area contributed by atoms with E-state index < -0.39 is 17.0 Å². The van der Waals surface area contributed by atoms with Crippen molar-refractivity contribution in [1.29, 1.82) is 0 Å². The summed E-state index contributed by atoms with van der Waals surface area (Å²) >= 11 is 0. The minimum Gasteiger partial charge on any atom is -0.384 e. The molecule has 0 bridgehead atoms. The normalized spacial score (nSPS) is 16.7. The Balaban J connectivity index is 1.35. The predicted molar refractivity (Wildman–Crippen MR) is 156 cm³/mol. The fraction of sp³-hybridized carbons (Fsp3) is 0.312. The van der Waals surface area contributed by atoms with Gasteiger partial charge in [0.05, 0.1) is 35.0 Å². The van der Waals surface area contributed by atoms with Gasteiger partial charge >= 0.3 is 6.18 Å². The minimum atomic E-state index is -4.43. The van der Waals surface area contributed by atoms with Gasteiger partial charge in [-0.05, 0) is 55.8 Å². The van der Waals surface area contributed by atoms with E-state index >= 15 is 0 Å². The van der Waals surface area contributed by atoms with Crippen molar-refractivity contribution in [3.63, 3.8) is 0 Å². The summed E-state index contributed by atoms with van der Waals surface area (Å²) in [4.78, 5) is 31.1. The molecule has 42 heavy (non-hydrogen) atoms. The van der Waals surface area contributed by atoms with Crippen LogP contribution < -0.4 is 10.6 Å². The van der Waals surface area contributed by atoms with Crippen molar-refractivity contribution in [3.8, 4) is 11.1 Å². The fourth-order valence-corrected chi connectivity index (χ4v) is 6.20. The maximum absolute atomic E-state index is 14.4. The Morgan fingerprint density at radius 3 is 2.45 bits per heavy atom. The number of carbonyl (C=O) groups excluding carboxylic acids is 1. The van der Waals surface area contributed by atoms with Crippen LogP contribution in [-0.2, 0) is 16.8 Å². The molecule has 0 aliphatic carbocycles. The molecule has 0 radical (unpaired) electrons. The lowest BCUT2D eigenvalue weighted by Gasteiger charge is -2.44. The third-order valence-corrected chi connectivity index (χ3v) is 8.95. The number of piperidine rings is 1. The van der Waals surface area contributed by atoms with E-state index in [1.54, 1.807) is 40.7 Å². The second-order valence-corrected chi connectivity index (χ2v) is 11.6. The van der Waals surface area contributed by atoms with Crippen LogP contribution >= 0.6 is 0 Å². The van der Waals surface area contributed by atoms with Crippen molar-refractivity contribution >= 4 is 28.2 Å². The second kappa shape index (κ2) is 9.82. The van der Waals surface area contributed by atoms with Crippen molar-refractivity contribution in [1.82, 2.24) is 19.9 Å². The zero-order valence-corrected chi connectivity index (χ0v) is 23.4. The Bertz CT molecular complexity index is 1690. The average Bonchev–Trinajstić information content (AvgIpc) is 3.20. The van der Waals surface area contributed by atoms with Gasteiger partial charge in [0, 0.05) is 53.9 Å². The first-order valence-corrected chi connectivity index (χ1v) is 13.8. The standard InChI is InChI=1S/C32H31F3N6O/c1-20(30(2,3)32(33,34)35)40-14-11-31(12-15-40)24-10-13-37-18-26(24)41(29(31)42)19-25-28(22-8-9-27(36)39-17-22)23-7-5-4-6-21(23)16-38-25/h4-10,13,16-18H,1,11-12,14-15,19H2,2-3H3,(H2,36,39). The number of carbonyl (C=O) groups is 1. The zero-order chi connectivity index (χ0) is 29.9. The molecule has 0 atom stereocenters. The minimum absolute atomic E-state index is 0.0178. The van der Waals surface area contributed by atoms with E-state index in [1.165, 1.54) is 0 Å². The number of halogens is 3. The van der Waals surface area contributed by atoms with E-state index in [-0.39, 0.29) is 31.2 Å². The maximum Gasteiger partial charge on any atom is 0.399 e. The number of nitrogen functional groups attached to an aromatic ring is 1. The molecule has 10 heteroatoms. The van der Waals surface area contributed by atoms with Crippen LogP contribution in [0.25, 0.3) is 21.9 Å². The summed E-state index contributed by atoms with van der Waals surface area (Å²) in [6.07, 6.45) is 3.16. The largest absolute Gasteiger partial charge is 0.399 e. The SMILES string of the molecule is C=C(N1CCC2(CC1)C(=O)N(Cc1ncc3ccccc3c1-c1ccc(N)nc1)c1cnccc12)C(C)(C)C(F)(F)F. The number of amides is 1. The molecule has 1 spiro atoms. The number of likely N-dealkylation sites (tertiary alicyclic amines) is 1. The quantitative estimate of drug-likeness (QED) is 0.304. The number of allylic oxidation sites excluding steroid dienone is 1. The van der Waals surface area contributed by atoms with Gasteiger partial charge in [0.1, 0.15) is 5.82 Å². The molecule has 1 aromatic carbocycles. The summed E-state index contributed by atoms with van der Waals surface area (Å²) in [5.41, 5.74) is 6.87. The Morgan fingerprint density at radius 1 is 1.02 bits per heavy atom. The Hall–Kier alpha value is -4.47. The average molecular weight is 573 g/mol. The van der Waals surface area contributed by atoms with E-state index in [4.69, 9.17) is 10.7 Å². The number of aromatic nitrogens is 3. The van der Waals surface area contributed by atoms with Gasteiger partial charge in [-0.15, -0.1) is 0 Å². The molecule has 0 saturated carbocycles. The summed E-state index contributed by atoms with van der Waals surface area (Å²) in [7, 11) is 0. The van der Waals surface area contributed by atoms with E-state index in [1.807, 2.05) is 36.4 Å². The first-order chi connectivity index (χ1) is 19.9. The molecule has 0 unspecified atom stereocenters. The highest BCUT2D eigenvalue weighted by Crippen LogP contribution is 2.51. The number of hydrogen-bond donors (Lipinski definition) is 1. The van der Waals surface area contributed by atoms with Crippen molar-refractivity contribution in [2.24, 2.45) is 5.41 Å². The zero-order valence-electron chi connectivity index (χ0n) is 23.4. The molecule has 2 aliphatic rings. The van der Waals surface area contributed by atoms with E-state index in [9.17, 15) is 18.0 Å². The molecular weight excluding hydrogens is 541 g/mol. The van der Waals surface area contributed by atoms with Crippen LogP contribution in [0.5, 0.6) is 0 Å². The van der Waals surface area contributed by atoms with Crippen molar-refractivity contribution < 1.29 is 18.0 Å². The number of alkyl halides is 3. The molecule has 1 amide bonds. The molecular formula is C32H31F3N6O. The van der Waals surface area contributed by atoms with Gasteiger partial charge < -0.3 is 15.5 Å². The van der Waals surface area contributed by atoms with Gasteiger partial charge in [0.15, 0.2) is 0 Å². The molecule has 5 heterocycles. The number of hydrogen-bond acceptors (Lipinski definition) is 6. The molecule has 2 aliphatic heterocycles. The smallest absolute Gasteiger partial charge is 0.384 e. The highest BCUT2D eigenvalue weighted by Gasteiger charge is 2.55. The van der Waals surface area contributed by atoms with Crippen molar-refractivity contribution in [2.45, 2.75) is 44.8 Å². The van der Waals surface area contributed by atoms with E-state index in [0.29, 0.717) is 30.0 Å². The molecule has 1 saturated heterocycles. The van der Waals surface area contributed by atoms with Gasteiger partial charge in [-0.2, -0.15) is 13.2 Å². The molecule has 1 fully saturated rings. The lowest BCUT2D eigenvalue weighted by atomic mass is 9.73. The second-order valence-electron chi connectivity index (χ2n) is 11.6. The van der Waals surface area contributed by atoms with Crippen LogP contribution in [0.1, 0.15) is 37.9 Å². The molecule has 216 valence electrons. The highest BCUT2D eigenvalue weighted by atomic mass is 19.4. The van der Waals surface area contributed by atoms with Crippen LogP contribution in [0.2, 0.25) is 0 Å². The first kappa shape index (κ1) is 27.7. The number of anilines is 2. The third kappa shape index (κ3) is 4.28. The van der Waals surface area contributed by atoms with Crippen LogP contribution in [0.15, 0.2) is 79.5 Å². The number of nitrogens with two attached hydrogens (primary N) is 1. The van der Waals surface area contributed by atoms with E-state index in [2.05, 4.69) is 16.5 Å². The first-order valence-electron chi connectivity index (χ1n) is 13.8. The van der Waals surface area contributed by atoms with Crippen molar-refractivity contribution in [2.75, 3.05) is 23.7 Å². The highest BCUT2D eigenvalue weighted by molar-refractivity contribution is 6.08. The van der Waals surface area contributed by atoms with Gasteiger partial charge in [0.2, 0.25) is 5.91 Å². The molecule has 2 N–H and O–H groups in total. The van der Waals surface area contributed by atoms with Crippen LogP contribution in [0.3, 0.4) is 0 Å². The lowest BCUT2D eigenvalue weighted by molar-refractivity contribution is -0.203.